The molecule has 1 fully saturated rings. The van der Waals surface area contributed by atoms with E-state index in [1.807, 2.05) is 35.2 Å². The third-order valence-electron chi connectivity index (χ3n) is 5.23. The van der Waals surface area contributed by atoms with E-state index in [0.717, 1.165) is 25.1 Å². The lowest BCUT2D eigenvalue weighted by Crippen LogP contribution is -2.44. The van der Waals surface area contributed by atoms with Gasteiger partial charge in [0.15, 0.2) is 0 Å². The molecule has 0 aliphatic carbocycles. The summed E-state index contributed by atoms with van der Waals surface area (Å²) >= 11 is 6.17. The Morgan fingerprint density at radius 1 is 1.04 bits per heavy atom. The highest BCUT2D eigenvalue weighted by Crippen LogP contribution is 2.25. The molecule has 1 aliphatic heterocycles. The second-order valence-corrected chi connectivity index (χ2v) is 8.27. The molecule has 0 bridgehead atoms. The zero-order valence-electron chi connectivity index (χ0n) is 16.4. The van der Waals surface area contributed by atoms with Gasteiger partial charge < -0.3 is 10.2 Å². The van der Waals surface area contributed by atoms with Crippen molar-refractivity contribution >= 4 is 23.4 Å². The van der Waals surface area contributed by atoms with Crippen molar-refractivity contribution in [2.45, 2.75) is 32.7 Å². The van der Waals surface area contributed by atoms with Crippen molar-refractivity contribution in [3.63, 3.8) is 0 Å². The molecule has 0 aromatic heterocycles. The van der Waals surface area contributed by atoms with Crippen molar-refractivity contribution in [2.75, 3.05) is 13.1 Å². The maximum Gasteiger partial charge on any atom is 0.253 e. The Labute approximate surface area is 171 Å². The molecule has 1 aliphatic rings. The van der Waals surface area contributed by atoms with Crippen LogP contribution >= 0.6 is 11.6 Å². The first kappa shape index (κ1) is 20.4. The molecule has 0 spiro atoms. The van der Waals surface area contributed by atoms with E-state index in [2.05, 4.69) is 19.2 Å². The van der Waals surface area contributed by atoms with Gasteiger partial charge in [-0.25, -0.2) is 0 Å². The molecule has 0 radical (unpaired) electrons. The Hall–Kier alpha value is -2.33. The van der Waals surface area contributed by atoms with E-state index in [4.69, 9.17) is 11.6 Å². The van der Waals surface area contributed by atoms with Crippen LogP contribution < -0.4 is 5.32 Å². The normalized spacial score (nSPS) is 20.5. The average Bonchev–Trinajstić information content (AvgIpc) is 2.67. The molecule has 1 N–H and O–H groups in total. The minimum atomic E-state index is -0.398. The monoisotopic (exact) mass is 398 g/mol. The number of benzene rings is 2. The lowest BCUT2D eigenvalue weighted by atomic mass is 9.91. The summed E-state index contributed by atoms with van der Waals surface area (Å²) in [6, 6.07) is 16.2. The molecule has 4 nitrogen and oxygen atoms in total. The third-order valence-corrected chi connectivity index (χ3v) is 5.56. The lowest BCUT2D eigenvalue weighted by molar-refractivity contribution is -0.134. The van der Waals surface area contributed by atoms with E-state index in [0.29, 0.717) is 22.4 Å². The number of carbonyl (C=O) groups is 2. The first-order valence-corrected chi connectivity index (χ1v) is 10.2. The summed E-state index contributed by atoms with van der Waals surface area (Å²) in [5.74, 6) is 0.806. The zero-order chi connectivity index (χ0) is 20.1. The van der Waals surface area contributed by atoms with Crippen LogP contribution in [0.1, 0.15) is 48.7 Å². The Kier molecular flexibility index (Phi) is 6.74. The predicted molar refractivity (Wildman–Crippen MR) is 112 cm³/mol. The number of amides is 2. The minimum Gasteiger partial charge on any atom is -0.345 e. The van der Waals surface area contributed by atoms with E-state index < -0.39 is 6.04 Å². The molecular weight excluding hydrogens is 372 g/mol. The number of hydrogen-bond acceptors (Lipinski definition) is 2. The SMILES string of the molecule is CC1CC(C)CN(C(=O)CC(NC(=O)c2ccccc2Cl)c2ccccc2)C1. The van der Waals surface area contributed by atoms with Crippen LogP contribution in [0.4, 0.5) is 0 Å². The van der Waals surface area contributed by atoms with E-state index in [9.17, 15) is 9.59 Å². The van der Waals surface area contributed by atoms with Crippen molar-refractivity contribution in [1.29, 1.82) is 0 Å². The molecule has 3 atom stereocenters. The van der Waals surface area contributed by atoms with Gasteiger partial charge in [-0.2, -0.15) is 0 Å². The second-order valence-electron chi connectivity index (χ2n) is 7.87. The maximum atomic E-state index is 13.0. The number of likely N-dealkylation sites (tertiary alicyclic amines) is 1. The van der Waals surface area contributed by atoms with Crippen molar-refractivity contribution < 1.29 is 9.59 Å². The summed E-state index contributed by atoms with van der Waals surface area (Å²) in [7, 11) is 0. The highest BCUT2D eigenvalue weighted by Gasteiger charge is 2.28. The fourth-order valence-corrected chi connectivity index (χ4v) is 4.21. The summed E-state index contributed by atoms with van der Waals surface area (Å²) in [6.07, 6.45) is 1.38. The highest BCUT2D eigenvalue weighted by molar-refractivity contribution is 6.33. The number of hydrogen-bond donors (Lipinski definition) is 1. The Bertz CT molecular complexity index is 814. The van der Waals surface area contributed by atoms with Gasteiger partial charge in [-0.05, 0) is 36.0 Å². The summed E-state index contributed by atoms with van der Waals surface area (Å²) in [5, 5.41) is 3.41. The number of nitrogens with one attached hydrogen (secondary N) is 1. The van der Waals surface area contributed by atoms with Crippen LogP contribution in [0.2, 0.25) is 5.02 Å². The largest absolute Gasteiger partial charge is 0.345 e. The molecular formula is C23H27ClN2O2. The van der Waals surface area contributed by atoms with E-state index >= 15 is 0 Å². The van der Waals surface area contributed by atoms with Crippen LogP contribution in [-0.4, -0.2) is 29.8 Å². The minimum absolute atomic E-state index is 0.0757. The quantitative estimate of drug-likeness (QED) is 0.793. The number of halogens is 1. The van der Waals surface area contributed by atoms with Crippen molar-refractivity contribution in [1.82, 2.24) is 10.2 Å². The fourth-order valence-electron chi connectivity index (χ4n) is 3.99. The standard InChI is InChI=1S/C23H27ClN2O2/c1-16-12-17(2)15-26(14-16)22(27)13-21(18-8-4-3-5-9-18)25-23(28)19-10-6-7-11-20(19)24/h3-11,16-17,21H,12-15H2,1-2H3,(H,25,28). The van der Waals surface area contributed by atoms with E-state index in [1.165, 1.54) is 0 Å². The van der Waals surface area contributed by atoms with Crippen LogP contribution in [0.25, 0.3) is 0 Å². The molecule has 2 aromatic rings. The molecule has 0 saturated carbocycles. The van der Waals surface area contributed by atoms with Crippen LogP contribution in [0, 0.1) is 11.8 Å². The van der Waals surface area contributed by atoms with Crippen molar-refractivity contribution in [3.8, 4) is 0 Å². The van der Waals surface area contributed by atoms with Gasteiger partial charge in [-0.3, -0.25) is 9.59 Å². The number of rotatable bonds is 5. The first-order valence-electron chi connectivity index (χ1n) is 9.82. The summed E-state index contributed by atoms with van der Waals surface area (Å²) in [5.41, 5.74) is 1.33. The van der Waals surface area contributed by atoms with Crippen molar-refractivity contribution in [3.05, 3.63) is 70.7 Å². The average molecular weight is 399 g/mol. The fraction of sp³-hybridized carbons (Fsp3) is 0.391. The lowest BCUT2D eigenvalue weighted by Gasteiger charge is -2.36. The number of piperidine rings is 1. The van der Waals surface area contributed by atoms with Crippen LogP contribution in [0.15, 0.2) is 54.6 Å². The number of nitrogens with zero attached hydrogens (tertiary/aromatic N) is 1. The molecule has 1 heterocycles. The summed E-state index contributed by atoms with van der Waals surface area (Å²) < 4.78 is 0. The first-order chi connectivity index (χ1) is 13.4. The Morgan fingerprint density at radius 3 is 2.29 bits per heavy atom. The highest BCUT2D eigenvalue weighted by atomic mass is 35.5. The molecule has 3 unspecified atom stereocenters. The second kappa shape index (κ2) is 9.24. The van der Waals surface area contributed by atoms with Crippen LogP contribution in [0.5, 0.6) is 0 Å². The predicted octanol–water partition coefficient (Wildman–Crippen LogP) is 4.71. The van der Waals surface area contributed by atoms with Gasteiger partial charge in [0.1, 0.15) is 0 Å². The Balaban J connectivity index is 1.77. The van der Waals surface area contributed by atoms with Gasteiger partial charge in [-0.1, -0.05) is 67.9 Å². The summed E-state index contributed by atoms with van der Waals surface area (Å²) in [4.78, 5) is 27.7. The molecule has 148 valence electrons. The molecule has 28 heavy (non-hydrogen) atoms. The van der Waals surface area contributed by atoms with Gasteiger partial charge in [0.2, 0.25) is 5.91 Å². The maximum absolute atomic E-state index is 13.0. The van der Waals surface area contributed by atoms with E-state index in [1.54, 1.807) is 24.3 Å². The molecule has 2 amide bonds. The smallest absolute Gasteiger partial charge is 0.253 e. The zero-order valence-corrected chi connectivity index (χ0v) is 17.2. The molecule has 1 saturated heterocycles. The van der Waals surface area contributed by atoms with Crippen LogP contribution in [0.3, 0.4) is 0 Å². The van der Waals surface area contributed by atoms with Crippen molar-refractivity contribution in [2.24, 2.45) is 11.8 Å². The molecule has 3 rings (SSSR count). The number of carbonyl (C=O) groups excluding carboxylic acids is 2. The van der Waals surface area contributed by atoms with E-state index in [-0.39, 0.29) is 18.2 Å². The van der Waals surface area contributed by atoms with Crippen LogP contribution in [-0.2, 0) is 4.79 Å². The van der Waals surface area contributed by atoms with Gasteiger partial charge in [-0.15, -0.1) is 0 Å². The van der Waals surface area contributed by atoms with Gasteiger partial charge >= 0.3 is 0 Å². The third kappa shape index (κ3) is 5.14. The molecule has 5 heteroatoms. The van der Waals surface area contributed by atoms with Gasteiger partial charge in [0.05, 0.1) is 23.0 Å². The van der Waals surface area contributed by atoms with Gasteiger partial charge in [0.25, 0.3) is 5.91 Å². The Morgan fingerprint density at radius 2 is 1.64 bits per heavy atom. The topological polar surface area (TPSA) is 49.4 Å². The summed E-state index contributed by atoms with van der Waals surface area (Å²) in [6.45, 7) is 5.93. The van der Waals surface area contributed by atoms with Gasteiger partial charge in [0, 0.05) is 13.1 Å². The molecule has 2 aromatic carbocycles.